The minimum Gasteiger partial charge on any atom is -0.353 e. The number of rotatable bonds is 2. The maximum Gasteiger partial charge on any atom is 0.259 e. The third-order valence-corrected chi connectivity index (χ3v) is 3.95. The van der Waals surface area contributed by atoms with Crippen LogP contribution in [0.1, 0.15) is 32.6 Å². The van der Waals surface area contributed by atoms with Gasteiger partial charge in [-0.15, -0.1) is 0 Å². The maximum absolute atomic E-state index is 12.1. The van der Waals surface area contributed by atoms with Crippen LogP contribution in [0.5, 0.6) is 0 Å². The van der Waals surface area contributed by atoms with E-state index in [1.165, 1.54) is 19.3 Å². The van der Waals surface area contributed by atoms with E-state index in [-0.39, 0.29) is 5.56 Å². The van der Waals surface area contributed by atoms with Gasteiger partial charge < -0.3 is 4.90 Å². The SMILES string of the molecule is CCC1CCCCN1c1cc(=O)n2ccccc2n1. The Kier molecular flexibility index (Phi) is 3.23. The van der Waals surface area contributed by atoms with Crippen LogP contribution >= 0.6 is 0 Å². The number of piperidine rings is 1. The minimum absolute atomic E-state index is 0.000950. The molecule has 3 heterocycles. The second-order valence-corrected chi connectivity index (χ2v) is 5.13. The first-order chi connectivity index (χ1) is 9.29. The summed E-state index contributed by atoms with van der Waals surface area (Å²) in [5, 5.41) is 0. The Bertz CT molecular complexity index is 635. The van der Waals surface area contributed by atoms with E-state index < -0.39 is 0 Å². The minimum atomic E-state index is 0.000950. The lowest BCUT2D eigenvalue weighted by molar-refractivity contribution is 0.447. The molecule has 0 amide bonds. The highest BCUT2D eigenvalue weighted by molar-refractivity contribution is 5.48. The Hall–Kier alpha value is -1.84. The molecule has 2 aromatic rings. The molecule has 0 N–H and O–H groups in total. The molecule has 0 spiro atoms. The Morgan fingerprint density at radius 1 is 1.37 bits per heavy atom. The van der Waals surface area contributed by atoms with Crippen LogP contribution in [0.25, 0.3) is 5.65 Å². The van der Waals surface area contributed by atoms with Gasteiger partial charge in [0.2, 0.25) is 0 Å². The first-order valence-electron chi connectivity index (χ1n) is 7.04. The second kappa shape index (κ2) is 5.03. The predicted octanol–water partition coefficient (Wildman–Crippen LogP) is 2.46. The molecular formula is C15H19N3O. The van der Waals surface area contributed by atoms with Gasteiger partial charge in [-0.25, -0.2) is 4.98 Å². The highest BCUT2D eigenvalue weighted by atomic mass is 16.1. The van der Waals surface area contributed by atoms with Crippen LogP contribution in [0.3, 0.4) is 0 Å². The van der Waals surface area contributed by atoms with Gasteiger partial charge in [-0.3, -0.25) is 9.20 Å². The highest BCUT2D eigenvalue weighted by Gasteiger charge is 2.22. The molecule has 1 atom stereocenters. The van der Waals surface area contributed by atoms with Crippen LogP contribution in [0, 0.1) is 0 Å². The van der Waals surface area contributed by atoms with E-state index in [0.717, 1.165) is 24.4 Å². The summed E-state index contributed by atoms with van der Waals surface area (Å²) < 4.78 is 1.59. The van der Waals surface area contributed by atoms with E-state index in [1.54, 1.807) is 16.7 Å². The van der Waals surface area contributed by atoms with Gasteiger partial charge in [-0.05, 0) is 37.8 Å². The summed E-state index contributed by atoms with van der Waals surface area (Å²) in [5.41, 5.74) is 0.728. The molecule has 4 heteroatoms. The molecule has 0 aromatic carbocycles. The van der Waals surface area contributed by atoms with Crippen molar-refractivity contribution in [3.8, 4) is 0 Å². The van der Waals surface area contributed by atoms with Crippen LogP contribution in [0.2, 0.25) is 0 Å². The van der Waals surface area contributed by atoms with E-state index in [0.29, 0.717) is 6.04 Å². The van der Waals surface area contributed by atoms with Crippen molar-refractivity contribution in [2.75, 3.05) is 11.4 Å². The molecular weight excluding hydrogens is 238 g/mol. The predicted molar refractivity (Wildman–Crippen MR) is 76.7 cm³/mol. The second-order valence-electron chi connectivity index (χ2n) is 5.13. The average molecular weight is 257 g/mol. The zero-order valence-electron chi connectivity index (χ0n) is 11.2. The summed E-state index contributed by atoms with van der Waals surface area (Å²) in [7, 11) is 0. The molecule has 19 heavy (non-hydrogen) atoms. The van der Waals surface area contributed by atoms with Gasteiger partial charge in [-0.1, -0.05) is 13.0 Å². The molecule has 0 saturated carbocycles. The molecule has 1 fully saturated rings. The molecule has 1 aliphatic heterocycles. The lowest BCUT2D eigenvalue weighted by atomic mass is 10.0. The Labute approximate surface area is 112 Å². The largest absolute Gasteiger partial charge is 0.353 e. The molecule has 3 rings (SSSR count). The van der Waals surface area contributed by atoms with E-state index in [1.807, 2.05) is 18.2 Å². The summed E-state index contributed by atoms with van der Waals surface area (Å²) in [6, 6.07) is 7.84. The fourth-order valence-corrected chi connectivity index (χ4v) is 2.91. The fraction of sp³-hybridized carbons (Fsp3) is 0.467. The van der Waals surface area contributed by atoms with E-state index in [2.05, 4.69) is 16.8 Å². The van der Waals surface area contributed by atoms with Crippen molar-refractivity contribution in [1.29, 1.82) is 0 Å². The van der Waals surface area contributed by atoms with Crippen molar-refractivity contribution in [2.45, 2.75) is 38.6 Å². The van der Waals surface area contributed by atoms with Crippen molar-refractivity contribution in [3.05, 3.63) is 40.8 Å². The highest BCUT2D eigenvalue weighted by Crippen LogP contribution is 2.24. The number of hydrogen-bond donors (Lipinski definition) is 0. The number of fused-ring (bicyclic) bond motifs is 1. The van der Waals surface area contributed by atoms with Crippen molar-refractivity contribution in [2.24, 2.45) is 0 Å². The van der Waals surface area contributed by atoms with Gasteiger partial charge in [0, 0.05) is 24.8 Å². The monoisotopic (exact) mass is 257 g/mol. The number of anilines is 1. The maximum atomic E-state index is 12.1. The Balaban J connectivity index is 2.07. The van der Waals surface area contributed by atoms with E-state index in [4.69, 9.17) is 0 Å². The first-order valence-corrected chi connectivity index (χ1v) is 7.04. The van der Waals surface area contributed by atoms with Crippen LogP contribution in [-0.4, -0.2) is 22.0 Å². The zero-order chi connectivity index (χ0) is 13.2. The normalized spacial score (nSPS) is 19.8. The van der Waals surface area contributed by atoms with Crippen molar-refractivity contribution < 1.29 is 0 Å². The van der Waals surface area contributed by atoms with Crippen LogP contribution in [0.4, 0.5) is 5.82 Å². The third kappa shape index (κ3) is 2.23. The number of hydrogen-bond acceptors (Lipinski definition) is 3. The summed E-state index contributed by atoms with van der Waals surface area (Å²) in [4.78, 5) is 19.1. The molecule has 1 saturated heterocycles. The van der Waals surface area contributed by atoms with E-state index in [9.17, 15) is 4.79 Å². The smallest absolute Gasteiger partial charge is 0.259 e. The molecule has 1 unspecified atom stereocenters. The summed E-state index contributed by atoms with van der Waals surface area (Å²) in [6.07, 6.45) is 6.54. The van der Waals surface area contributed by atoms with Crippen LogP contribution in [0.15, 0.2) is 35.3 Å². The summed E-state index contributed by atoms with van der Waals surface area (Å²) >= 11 is 0. The van der Waals surface area contributed by atoms with Gasteiger partial charge in [-0.2, -0.15) is 0 Å². The standard InChI is InChI=1S/C15H19N3O/c1-2-12-7-3-5-9-17(12)14-11-15(19)18-10-6-4-8-13(18)16-14/h4,6,8,10-12H,2-3,5,7,9H2,1H3. The molecule has 0 aliphatic carbocycles. The van der Waals surface area contributed by atoms with Crippen molar-refractivity contribution >= 4 is 11.5 Å². The average Bonchev–Trinajstić information content (AvgIpc) is 2.47. The quantitative estimate of drug-likeness (QED) is 0.829. The lowest BCUT2D eigenvalue weighted by Crippen LogP contribution is -2.40. The van der Waals surface area contributed by atoms with E-state index >= 15 is 0 Å². The lowest BCUT2D eigenvalue weighted by Gasteiger charge is -2.36. The third-order valence-electron chi connectivity index (χ3n) is 3.95. The molecule has 100 valence electrons. The zero-order valence-corrected chi connectivity index (χ0v) is 11.2. The number of pyridine rings is 1. The van der Waals surface area contributed by atoms with Crippen molar-refractivity contribution in [3.63, 3.8) is 0 Å². The molecule has 4 nitrogen and oxygen atoms in total. The van der Waals surface area contributed by atoms with Gasteiger partial charge in [0.1, 0.15) is 11.5 Å². The van der Waals surface area contributed by atoms with Gasteiger partial charge in [0.05, 0.1) is 0 Å². The van der Waals surface area contributed by atoms with Gasteiger partial charge >= 0.3 is 0 Å². The topological polar surface area (TPSA) is 37.6 Å². The first kappa shape index (κ1) is 12.2. The summed E-state index contributed by atoms with van der Waals surface area (Å²) in [6.45, 7) is 3.21. The molecule has 2 aromatic heterocycles. The van der Waals surface area contributed by atoms with Crippen LogP contribution < -0.4 is 10.5 Å². The number of nitrogens with zero attached hydrogens (tertiary/aromatic N) is 3. The summed E-state index contributed by atoms with van der Waals surface area (Å²) in [5.74, 6) is 0.836. The molecule has 0 bridgehead atoms. The van der Waals surface area contributed by atoms with Crippen molar-refractivity contribution in [1.82, 2.24) is 9.38 Å². The van der Waals surface area contributed by atoms with Gasteiger partial charge in [0.25, 0.3) is 5.56 Å². The Morgan fingerprint density at radius 3 is 3.11 bits per heavy atom. The fourth-order valence-electron chi connectivity index (χ4n) is 2.91. The number of aromatic nitrogens is 2. The van der Waals surface area contributed by atoms with Gasteiger partial charge in [0.15, 0.2) is 0 Å². The molecule has 0 radical (unpaired) electrons. The Morgan fingerprint density at radius 2 is 2.26 bits per heavy atom. The van der Waals surface area contributed by atoms with Crippen LogP contribution in [-0.2, 0) is 0 Å². The molecule has 1 aliphatic rings.